The molecule has 1 aliphatic heterocycles. The van der Waals surface area contributed by atoms with Gasteiger partial charge in [0, 0.05) is 18.3 Å². The molecule has 1 fully saturated rings. The number of nitrogens with two attached hydrogens (primary N) is 1. The molecule has 0 radical (unpaired) electrons. The normalized spacial score (nSPS) is 20.3. The minimum absolute atomic E-state index is 0.225. The molecule has 1 amide bonds. The summed E-state index contributed by atoms with van der Waals surface area (Å²) in [4.78, 5) is 14.2. The number of nitrogen functional groups attached to an aromatic ring is 1. The molecule has 3 nitrogen and oxygen atoms in total. The van der Waals surface area contributed by atoms with Gasteiger partial charge in [0.25, 0.3) is 0 Å². The second-order valence-electron chi connectivity index (χ2n) is 4.85. The number of hydrogen-bond acceptors (Lipinski definition) is 2. The Kier molecular flexibility index (Phi) is 3.67. The molecule has 2 rings (SSSR count). The van der Waals surface area contributed by atoms with Gasteiger partial charge in [-0.1, -0.05) is 12.1 Å². The summed E-state index contributed by atoms with van der Waals surface area (Å²) in [6.07, 6.45) is 3.97. The average Bonchev–Trinajstić information content (AvgIpc) is 2.29. The molecule has 1 aliphatic rings. The van der Waals surface area contributed by atoms with Gasteiger partial charge in [-0.15, -0.1) is 0 Å². The molecule has 0 unspecified atom stereocenters. The molecule has 0 saturated carbocycles. The maximum absolute atomic E-state index is 12.2. The smallest absolute Gasteiger partial charge is 0.227 e. The topological polar surface area (TPSA) is 46.3 Å². The molecule has 1 heterocycles. The van der Waals surface area contributed by atoms with E-state index in [1.165, 1.54) is 6.42 Å². The Hall–Kier alpha value is -1.51. The fraction of sp³-hybridized carbons (Fsp3) is 0.500. The Balaban J connectivity index is 2.01. The van der Waals surface area contributed by atoms with E-state index in [4.69, 9.17) is 5.73 Å². The number of rotatable bonds is 2. The summed E-state index contributed by atoms with van der Waals surface area (Å²) in [5, 5.41) is 0. The number of benzene rings is 1. The quantitative estimate of drug-likeness (QED) is 0.795. The number of likely N-dealkylation sites (tertiary alicyclic amines) is 1. The zero-order valence-corrected chi connectivity index (χ0v) is 10.4. The fourth-order valence-electron chi connectivity index (χ4n) is 2.45. The first-order valence-electron chi connectivity index (χ1n) is 6.30. The van der Waals surface area contributed by atoms with Crippen molar-refractivity contribution in [3.05, 3.63) is 29.8 Å². The lowest BCUT2D eigenvalue weighted by Gasteiger charge is -2.33. The maximum Gasteiger partial charge on any atom is 0.227 e. The molecule has 92 valence electrons. The van der Waals surface area contributed by atoms with E-state index in [1.807, 2.05) is 29.2 Å². The Morgan fingerprint density at radius 3 is 3.00 bits per heavy atom. The summed E-state index contributed by atoms with van der Waals surface area (Å²) >= 11 is 0. The van der Waals surface area contributed by atoms with Gasteiger partial charge in [-0.2, -0.15) is 0 Å². The predicted octanol–water partition coefficient (Wildman–Crippen LogP) is 2.21. The summed E-state index contributed by atoms with van der Waals surface area (Å²) < 4.78 is 0. The van der Waals surface area contributed by atoms with E-state index in [1.54, 1.807) is 0 Å². The molecule has 0 bridgehead atoms. The molecule has 1 aromatic carbocycles. The number of piperidine rings is 1. The van der Waals surface area contributed by atoms with Gasteiger partial charge in [-0.05, 0) is 43.9 Å². The van der Waals surface area contributed by atoms with Crippen molar-refractivity contribution in [2.45, 2.75) is 38.6 Å². The molecule has 3 heteroatoms. The number of carbonyl (C=O) groups excluding carboxylic acids is 1. The van der Waals surface area contributed by atoms with Crippen molar-refractivity contribution in [2.24, 2.45) is 0 Å². The number of amides is 1. The van der Waals surface area contributed by atoms with Gasteiger partial charge in [0.05, 0.1) is 6.42 Å². The van der Waals surface area contributed by atoms with Gasteiger partial charge >= 0.3 is 0 Å². The molecule has 0 aliphatic carbocycles. The van der Waals surface area contributed by atoms with Crippen LogP contribution in [0.5, 0.6) is 0 Å². The van der Waals surface area contributed by atoms with Crippen LogP contribution in [0.3, 0.4) is 0 Å². The Morgan fingerprint density at radius 2 is 2.29 bits per heavy atom. The zero-order chi connectivity index (χ0) is 12.3. The second-order valence-corrected chi connectivity index (χ2v) is 4.85. The van der Waals surface area contributed by atoms with Crippen LogP contribution < -0.4 is 5.73 Å². The lowest BCUT2D eigenvalue weighted by molar-refractivity contribution is -0.133. The summed E-state index contributed by atoms with van der Waals surface area (Å²) in [6.45, 7) is 3.04. The number of carbonyl (C=O) groups is 1. The van der Waals surface area contributed by atoms with Gasteiger partial charge < -0.3 is 10.6 Å². The average molecular weight is 232 g/mol. The zero-order valence-electron chi connectivity index (χ0n) is 10.4. The van der Waals surface area contributed by atoms with Crippen molar-refractivity contribution in [3.8, 4) is 0 Å². The second kappa shape index (κ2) is 5.21. The lowest BCUT2D eigenvalue weighted by atomic mass is 10.0. The van der Waals surface area contributed by atoms with Gasteiger partial charge in [0.15, 0.2) is 0 Å². The highest BCUT2D eigenvalue weighted by Gasteiger charge is 2.22. The molecule has 1 atom stereocenters. The molecule has 17 heavy (non-hydrogen) atoms. The molecule has 2 N–H and O–H groups in total. The van der Waals surface area contributed by atoms with Crippen molar-refractivity contribution in [3.63, 3.8) is 0 Å². The first kappa shape index (κ1) is 12.0. The van der Waals surface area contributed by atoms with Crippen LogP contribution in [0.25, 0.3) is 0 Å². The monoisotopic (exact) mass is 232 g/mol. The molecular weight excluding hydrogens is 212 g/mol. The molecule has 0 spiro atoms. The van der Waals surface area contributed by atoms with E-state index in [2.05, 4.69) is 6.92 Å². The van der Waals surface area contributed by atoms with E-state index in [0.29, 0.717) is 12.5 Å². The minimum atomic E-state index is 0.225. The van der Waals surface area contributed by atoms with E-state index in [0.717, 1.165) is 30.6 Å². The highest BCUT2D eigenvalue weighted by molar-refractivity contribution is 5.79. The molecule has 0 aromatic heterocycles. The van der Waals surface area contributed by atoms with Crippen LogP contribution in [0.15, 0.2) is 24.3 Å². The Bertz CT molecular complexity index is 403. The Morgan fingerprint density at radius 1 is 1.47 bits per heavy atom. The van der Waals surface area contributed by atoms with Crippen LogP contribution in [0.2, 0.25) is 0 Å². The highest BCUT2D eigenvalue weighted by atomic mass is 16.2. The standard InChI is InChI=1S/C14H20N2O/c1-11-5-2-3-8-16(11)14(17)10-12-6-4-7-13(15)9-12/h4,6-7,9,11H,2-3,5,8,10,15H2,1H3/t11-/m0/s1. The molecule has 1 aromatic rings. The first-order chi connectivity index (χ1) is 8.16. The minimum Gasteiger partial charge on any atom is -0.399 e. The van der Waals surface area contributed by atoms with Crippen molar-refractivity contribution in [1.29, 1.82) is 0 Å². The Labute approximate surface area is 103 Å². The largest absolute Gasteiger partial charge is 0.399 e. The number of hydrogen-bond donors (Lipinski definition) is 1. The fourth-order valence-corrected chi connectivity index (χ4v) is 2.45. The van der Waals surface area contributed by atoms with Gasteiger partial charge in [0.1, 0.15) is 0 Å². The summed E-state index contributed by atoms with van der Waals surface area (Å²) in [5.74, 6) is 0.225. The van der Waals surface area contributed by atoms with E-state index >= 15 is 0 Å². The van der Waals surface area contributed by atoms with Crippen LogP contribution in [0.1, 0.15) is 31.7 Å². The van der Waals surface area contributed by atoms with Crippen molar-refractivity contribution < 1.29 is 4.79 Å². The predicted molar refractivity (Wildman–Crippen MR) is 69.6 cm³/mol. The molecule has 1 saturated heterocycles. The van der Waals surface area contributed by atoms with E-state index in [9.17, 15) is 4.79 Å². The lowest BCUT2D eigenvalue weighted by Crippen LogP contribution is -2.42. The number of nitrogens with zero attached hydrogens (tertiary/aromatic N) is 1. The SMILES string of the molecule is C[C@H]1CCCCN1C(=O)Cc1cccc(N)c1. The third kappa shape index (κ3) is 2.99. The first-order valence-corrected chi connectivity index (χ1v) is 6.30. The van der Waals surface area contributed by atoms with Gasteiger partial charge in [0.2, 0.25) is 5.91 Å². The summed E-state index contributed by atoms with van der Waals surface area (Å²) in [6, 6.07) is 7.97. The van der Waals surface area contributed by atoms with Crippen molar-refractivity contribution in [2.75, 3.05) is 12.3 Å². The van der Waals surface area contributed by atoms with Gasteiger partial charge in [-0.3, -0.25) is 4.79 Å². The van der Waals surface area contributed by atoms with Crippen molar-refractivity contribution in [1.82, 2.24) is 4.90 Å². The van der Waals surface area contributed by atoms with Crippen LogP contribution in [0, 0.1) is 0 Å². The number of anilines is 1. The third-order valence-electron chi connectivity index (χ3n) is 3.43. The van der Waals surface area contributed by atoms with E-state index < -0.39 is 0 Å². The maximum atomic E-state index is 12.2. The van der Waals surface area contributed by atoms with Crippen molar-refractivity contribution >= 4 is 11.6 Å². The van der Waals surface area contributed by atoms with Crippen LogP contribution in [0.4, 0.5) is 5.69 Å². The third-order valence-corrected chi connectivity index (χ3v) is 3.43. The molecular formula is C14H20N2O. The van der Waals surface area contributed by atoms with Crippen LogP contribution in [-0.2, 0) is 11.2 Å². The highest BCUT2D eigenvalue weighted by Crippen LogP contribution is 2.18. The van der Waals surface area contributed by atoms with Crippen LogP contribution >= 0.6 is 0 Å². The summed E-state index contributed by atoms with van der Waals surface area (Å²) in [5.41, 5.74) is 7.45. The summed E-state index contributed by atoms with van der Waals surface area (Å²) in [7, 11) is 0. The van der Waals surface area contributed by atoms with Crippen LogP contribution in [-0.4, -0.2) is 23.4 Å². The van der Waals surface area contributed by atoms with E-state index in [-0.39, 0.29) is 5.91 Å². The van der Waals surface area contributed by atoms with Gasteiger partial charge in [-0.25, -0.2) is 0 Å².